The molecule has 0 aliphatic heterocycles. The lowest BCUT2D eigenvalue weighted by Crippen LogP contribution is -2.12. The van der Waals surface area contributed by atoms with Crippen LogP contribution in [0.25, 0.3) is 0 Å². The van der Waals surface area contributed by atoms with Gasteiger partial charge in [-0.15, -0.1) is 0 Å². The molecule has 5 nitrogen and oxygen atoms in total. The summed E-state index contributed by atoms with van der Waals surface area (Å²) in [7, 11) is 0. The van der Waals surface area contributed by atoms with Crippen molar-refractivity contribution >= 4 is 29.2 Å². The number of carbonyl (C=O) groups is 2. The van der Waals surface area contributed by atoms with Gasteiger partial charge < -0.3 is 16.2 Å². The third-order valence-electron chi connectivity index (χ3n) is 1.88. The molecule has 0 fully saturated rings. The molecule has 6 heteroatoms. The van der Waals surface area contributed by atoms with Crippen LogP contribution in [0.15, 0.2) is 30.4 Å². The highest BCUT2D eigenvalue weighted by Gasteiger charge is 2.11. The Balaban J connectivity index is 2.94. The van der Waals surface area contributed by atoms with E-state index >= 15 is 0 Å². The molecule has 1 aromatic carbocycles. The summed E-state index contributed by atoms with van der Waals surface area (Å²) in [6.45, 7) is 0.236. The lowest BCUT2D eigenvalue weighted by molar-refractivity contribution is -0.111. The maximum Gasteiger partial charge on any atom is 0.337 e. The second-order valence-corrected chi connectivity index (χ2v) is 3.56. The van der Waals surface area contributed by atoms with Gasteiger partial charge in [-0.3, -0.25) is 4.79 Å². The zero-order valence-corrected chi connectivity index (χ0v) is 9.57. The van der Waals surface area contributed by atoms with Gasteiger partial charge in [0.2, 0.25) is 5.91 Å². The molecule has 1 rings (SSSR count). The van der Waals surface area contributed by atoms with Gasteiger partial charge in [-0.2, -0.15) is 0 Å². The number of aromatic carboxylic acids is 1. The molecule has 0 unspecified atom stereocenters. The monoisotopic (exact) mass is 254 g/mol. The minimum absolute atomic E-state index is 0.0630. The Kier molecular flexibility index (Phi) is 4.68. The van der Waals surface area contributed by atoms with E-state index in [2.05, 4.69) is 5.32 Å². The van der Waals surface area contributed by atoms with Crippen molar-refractivity contribution in [2.75, 3.05) is 11.9 Å². The molecular weight excluding hydrogens is 244 g/mol. The summed E-state index contributed by atoms with van der Waals surface area (Å²) in [6, 6.07) is 4.20. The second-order valence-electron chi connectivity index (χ2n) is 3.12. The van der Waals surface area contributed by atoms with E-state index in [0.717, 1.165) is 0 Å². The molecule has 0 heterocycles. The van der Waals surface area contributed by atoms with E-state index in [1.807, 2.05) is 0 Å². The third kappa shape index (κ3) is 3.90. The van der Waals surface area contributed by atoms with E-state index in [-0.39, 0.29) is 22.8 Å². The van der Waals surface area contributed by atoms with Crippen molar-refractivity contribution in [3.63, 3.8) is 0 Å². The molecule has 0 spiro atoms. The Bertz CT molecular complexity index is 472. The lowest BCUT2D eigenvalue weighted by atomic mass is 10.2. The van der Waals surface area contributed by atoms with Crippen LogP contribution < -0.4 is 11.1 Å². The zero-order valence-electron chi connectivity index (χ0n) is 8.81. The number of carboxylic acid groups (broad SMARTS) is 1. The van der Waals surface area contributed by atoms with Gasteiger partial charge in [-0.25, -0.2) is 4.79 Å². The van der Waals surface area contributed by atoms with Gasteiger partial charge >= 0.3 is 5.97 Å². The summed E-state index contributed by atoms with van der Waals surface area (Å²) in [5.74, 6) is -1.61. The average molecular weight is 255 g/mol. The van der Waals surface area contributed by atoms with Crippen LogP contribution in [0.3, 0.4) is 0 Å². The van der Waals surface area contributed by atoms with Gasteiger partial charge in [-0.1, -0.05) is 17.7 Å². The molecule has 90 valence electrons. The standard InChI is InChI=1S/C11H11ClN2O3/c12-7-3-4-9(8(6-7)11(16)17)14-10(15)2-1-5-13/h1-4,6H,5,13H2,(H,14,15)(H,16,17)/b2-1+. The Morgan fingerprint density at radius 1 is 1.47 bits per heavy atom. The number of carbonyl (C=O) groups excluding carboxylic acids is 1. The highest BCUT2D eigenvalue weighted by Crippen LogP contribution is 2.20. The first-order valence-corrected chi connectivity index (χ1v) is 5.13. The molecule has 0 aliphatic rings. The quantitative estimate of drug-likeness (QED) is 0.710. The number of carboxylic acids is 1. The first-order chi connectivity index (χ1) is 8.04. The fourth-order valence-corrected chi connectivity index (χ4v) is 1.32. The summed E-state index contributed by atoms with van der Waals surface area (Å²) in [4.78, 5) is 22.3. The van der Waals surface area contributed by atoms with Crippen LogP contribution in [0.2, 0.25) is 5.02 Å². The van der Waals surface area contributed by atoms with Crippen LogP contribution in [-0.2, 0) is 4.79 Å². The SMILES string of the molecule is NC/C=C/C(=O)Nc1ccc(Cl)cc1C(=O)O. The average Bonchev–Trinajstić information content (AvgIpc) is 2.28. The number of anilines is 1. The highest BCUT2D eigenvalue weighted by atomic mass is 35.5. The summed E-state index contributed by atoms with van der Waals surface area (Å²) < 4.78 is 0. The number of amides is 1. The molecule has 1 aromatic rings. The lowest BCUT2D eigenvalue weighted by Gasteiger charge is -2.06. The van der Waals surface area contributed by atoms with Gasteiger partial charge in [0.1, 0.15) is 0 Å². The molecule has 0 radical (unpaired) electrons. The summed E-state index contributed by atoms with van der Waals surface area (Å²) in [6.07, 6.45) is 2.70. The topological polar surface area (TPSA) is 92.4 Å². The van der Waals surface area contributed by atoms with Crippen LogP contribution in [0.1, 0.15) is 10.4 Å². The minimum Gasteiger partial charge on any atom is -0.478 e. The number of halogens is 1. The van der Waals surface area contributed by atoms with Gasteiger partial charge in [0.15, 0.2) is 0 Å². The van der Waals surface area contributed by atoms with E-state index in [9.17, 15) is 9.59 Å². The Labute approximate surface area is 103 Å². The normalized spacial score (nSPS) is 10.5. The molecule has 4 N–H and O–H groups in total. The molecule has 0 bridgehead atoms. The van der Waals surface area contributed by atoms with Crippen molar-refractivity contribution in [1.82, 2.24) is 0 Å². The fourth-order valence-electron chi connectivity index (χ4n) is 1.15. The van der Waals surface area contributed by atoms with Crippen molar-refractivity contribution < 1.29 is 14.7 Å². The van der Waals surface area contributed by atoms with Crippen LogP contribution in [-0.4, -0.2) is 23.5 Å². The van der Waals surface area contributed by atoms with Crippen molar-refractivity contribution in [2.45, 2.75) is 0 Å². The van der Waals surface area contributed by atoms with E-state index in [1.165, 1.54) is 30.4 Å². The number of rotatable bonds is 4. The van der Waals surface area contributed by atoms with Crippen molar-refractivity contribution in [3.8, 4) is 0 Å². The number of nitrogens with two attached hydrogens (primary N) is 1. The number of hydrogen-bond donors (Lipinski definition) is 3. The van der Waals surface area contributed by atoms with E-state index < -0.39 is 11.9 Å². The van der Waals surface area contributed by atoms with Crippen molar-refractivity contribution in [2.24, 2.45) is 5.73 Å². The number of nitrogens with one attached hydrogen (secondary N) is 1. The van der Waals surface area contributed by atoms with Gasteiger partial charge in [0.25, 0.3) is 0 Å². The fraction of sp³-hybridized carbons (Fsp3) is 0.0909. The molecule has 0 aliphatic carbocycles. The van der Waals surface area contributed by atoms with E-state index in [4.69, 9.17) is 22.4 Å². The van der Waals surface area contributed by atoms with Crippen molar-refractivity contribution in [3.05, 3.63) is 40.9 Å². The smallest absolute Gasteiger partial charge is 0.337 e. The predicted octanol–water partition coefficient (Wildman–Crippen LogP) is 1.49. The predicted molar refractivity (Wildman–Crippen MR) is 65.2 cm³/mol. The van der Waals surface area contributed by atoms with E-state index in [0.29, 0.717) is 0 Å². The molecule has 0 saturated heterocycles. The van der Waals surface area contributed by atoms with Crippen molar-refractivity contribution in [1.29, 1.82) is 0 Å². The third-order valence-corrected chi connectivity index (χ3v) is 2.11. The first-order valence-electron chi connectivity index (χ1n) is 4.75. The highest BCUT2D eigenvalue weighted by molar-refractivity contribution is 6.31. The molecule has 0 saturated carbocycles. The maximum absolute atomic E-state index is 11.4. The van der Waals surface area contributed by atoms with Crippen LogP contribution >= 0.6 is 11.6 Å². The minimum atomic E-state index is -1.16. The summed E-state index contributed by atoms with van der Waals surface area (Å²) in [5, 5.41) is 11.7. The molecule has 17 heavy (non-hydrogen) atoms. The Hall–Kier alpha value is -1.85. The van der Waals surface area contributed by atoms with Gasteiger partial charge in [-0.05, 0) is 18.2 Å². The molecule has 0 aromatic heterocycles. The number of benzene rings is 1. The van der Waals surface area contributed by atoms with Gasteiger partial charge in [0, 0.05) is 17.6 Å². The largest absolute Gasteiger partial charge is 0.478 e. The number of hydrogen-bond acceptors (Lipinski definition) is 3. The van der Waals surface area contributed by atoms with Crippen LogP contribution in [0.4, 0.5) is 5.69 Å². The molecular formula is C11H11ClN2O3. The molecule has 0 atom stereocenters. The molecule has 1 amide bonds. The first kappa shape index (κ1) is 13.2. The van der Waals surface area contributed by atoms with Crippen LogP contribution in [0, 0.1) is 0 Å². The summed E-state index contributed by atoms with van der Waals surface area (Å²) >= 11 is 5.67. The summed E-state index contributed by atoms with van der Waals surface area (Å²) in [5.41, 5.74) is 5.32. The second kappa shape index (κ2) is 6.03. The Morgan fingerprint density at radius 2 is 2.18 bits per heavy atom. The Morgan fingerprint density at radius 3 is 2.76 bits per heavy atom. The van der Waals surface area contributed by atoms with Crippen LogP contribution in [0.5, 0.6) is 0 Å². The zero-order chi connectivity index (χ0) is 12.8. The maximum atomic E-state index is 11.4. The van der Waals surface area contributed by atoms with Gasteiger partial charge in [0.05, 0.1) is 11.3 Å². The van der Waals surface area contributed by atoms with E-state index in [1.54, 1.807) is 0 Å².